The first-order valence-electron chi connectivity index (χ1n) is 3.32. The molecular formula is C6H5LiN2O3. The molecule has 0 bridgehead atoms. The molecule has 0 N–H and O–H groups in total. The fourth-order valence-electron chi connectivity index (χ4n) is 0.825. The van der Waals surface area contributed by atoms with Crippen molar-refractivity contribution in [3.63, 3.8) is 0 Å². The SMILES string of the molecule is O=C([O-])c1nc(C2CC2)no1.[Li+]. The van der Waals surface area contributed by atoms with Crippen LogP contribution in [0, 0.1) is 0 Å². The van der Waals surface area contributed by atoms with Crippen molar-refractivity contribution in [2.75, 3.05) is 0 Å². The maximum atomic E-state index is 10.1. The van der Waals surface area contributed by atoms with Crippen molar-refractivity contribution in [2.24, 2.45) is 0 Å². The summed E-state index contributed by atoms with van der Waals surface area (Å²) < 4.78 is 4.40. The minimum absolute atomic E-state index is 0. The molecule has 1 heterocycles. The van der Waals surface area contributed by atoms with Gasteiger partial charge in [0.2, 0.25) is 0 Å². The number of rotatable bonds is 2. The predicted octanol–water partition coefficient (Wildman–Crippen LogP) is -3.69. The van der Waals surface area contributed by atoms with Crippen molar-refractivity contribution in [3.8, 4) is 0 Å². The Morgan fingerprint density at radius 2 is 2.25 bits per heavy atom. The minimum Gasteiger partial charge on any atom is -0.540 e. The van der Waals surface area contributed by atoms with Crippen LogP contribution in [0.25, 0.3) is 0 Å². The number of hydrogen-bond donors (Lipinski definition) is 0. The Bertz CT molecular complexity index is 295. The number of carbonyl (C=O) groups is 1. The third-order valence-corrected chi connectivity index (χ3v) is 1.56. The molecule has 58 valence electrons. The molecule has 5 nitrogen and oxygen atoms in total. The Hall–Kier alpha value is -0.793. The number of carboxylic acid groups (broad SMARTS) is 1. The second kappa shape index (κ2) is 3.29. The smallest absolute Gasteiger partial charge is 0.540 e. The Labute approximate surface area is 80.3 Å². The standard InChI is InChI=1S/C6H6N2O3.Li/c9-6(10)5-7-4(8-11-5)3-1-2-3;/h3H,1-2H2,(H,9,10);/q;+1/p-1. The van der Waals surface area contributed by atoms with Gasteiger partial charge in [0.1, 0.15) is 5.97 Å². The van der Waals surface area contributed by atoms with E-state index >= 15 is 0 Å². The molecule has 0 aliphatic heterocycles. The van der Waals surface area contributed by atoms with Crippen LogP contribution >= 0.6 is 0 Å². The molecule has 1 aromatic rings. The molecule has 0 saturated heterocycles. The first-order chi connectivity index (χ1) is 5.27. The molecule has 6 heteroatoms. The van der Waals surface area contributed by atoms with E-state index in [1.54, 1.807) is 0 Å². The van der Waals surface area contributed by atoms with Gasteiger partial charge in [-0.15, -0.1) is 0 Å². The van der Waals surface area contributed by atoms with Gasteiger partial charge >= 0.3 is 18.9 Å². The summed E-state index contributed by atoms with van der Waals surface area (Å²) in [5.41, 5.74) is 0. The van der Waals surface area contributed by atoms with Gasteiger partial charge < -0.3 is 14.4 Å². The van der Waals surface area contributed by atoms with Crippen LogP contribution in [0.2, 0.25) is 0 Å². The molecule has 1 aliphatic rings. The Balaban J connectivity index is 0.000000720. The van der Waals surface area contributed by atoms with Gasteiger partial charge in [-0.2, -0.15) is 4.98 Å². The van der Waals surface area contributed by atoms with Crippen LogP contribution in [0.4, 0.5) is 0 Å². The first-order valence-corrected chi connectivity index (χ1v) is 3.32. The van der Waals surface area contributed by atoms with Crippen molar-refractivity contribution in [1.82, 2.24) is 10.1 Å². The van der Waals surface area contributed by atoms with Gasteiger partial charge in [0.25, 0.3) is 5.89 Å². The molecule has 0 unspecified atom stereocenters. The summed E-state index contributed by atoms with van der Waals surface area (Å²) in [4.78, 5) is 13.8. The maximum Gasteiger partial charge on any atom is 1.00 e. The topological polar surface area (TPSA) is 79.0 Å². The average Bonchev–Trinajstić information content (AvgIpc) is 2.68. The van der Waals surface area contributed by atoms with Gasteiger partial charge in [-0.1, -0.05) is 5.16 Å². The second-order valence-corrected chi connectivity index (χ2v) is 2.52. The number of nitrogens with zero attached hydrogens (tertiary/aromatic N) is 2. The number of aromatic nitrogens is 2. The van der Waals surface area contributed by atoms with Crippen molar-refractivity contribution in [3.05, 3.63) is 11.7 Å². The molecule has 0 radical (unpaired) electrons. The Kier molecular flexibility index (Phi) is 2.55. The third-order valence-electron chi connectivity index (χ3n) is 1.56. The van der Waals surface area contributed by atoms with Crippen LogP contribution in [0.3, 0.4) is 0 Å². The number of carbonyl (C=O) groups excluding carboxylic acids is 1. The largest absolute Gasteiger partial charge is 1.00 e. The summed E-state index contributed by atoms with van der Waals surface area (Å²) in [5.74, 6) is -1.03. The van der Waals surface area contributed by atoms with Crippen LogP contribution in [-0.4, -0.2) is 16.1 Å². The number of carboxylic acids is 1. The van der Waals surface area contributed by atoms with E-state index < -0.39 is 11.9 Å². The van der Waals surface area contributed by atoms with E-state index in [-0.39, 0.29) is 18.9 Å². The minimum atomic E-state index is -1.41. The fraction of sp³-hybridized carbons (Fsp3) is 0.500. The monoisotopic (exact) mass is 160 g/mol. The van der Waals surface area contributed by atoms with E-state index in [2.05, 4.69) is 14.7 Å². The number of hydrogen-bond acceptors (Lipinski definition) is 5. The summed E-state index contributed by atoms with van der Waals surface area (Å²) in [7, 11) is 0. The van der Waals surface area contributed by atoms with Crippen molar-refractivity contribution < 1.29 is 33.3 Å². The van der Waals surface area contributed by atoms with Gasteiger partial charge in [-0.3, -0.25) is 0 Å². The molecule has 0 aromatic carbocycles. The Morgan fingerprint density at radius 1 is 1.58 bits per heavy atom. The average molecular weight is 160 g/mol. The molecule has 0 spiro atoms. The van der Waals surface area contributed by atoms with E-state index in [4.69, 9.17) is 0 Å². The second-order valence-electron chi connectivity index (χ2n) is 2.52. The molecule has 1 fully saturated rings. The van der Waals surface area contributed by atoms with Gasteiger partial charge in [0.15, 0.2) is 5.82 Å². The molecule has 0 amide bonds. The van der Waals surface area contributed by atoms with Gasteiger partial charge in [0.05, 0.1) is 0 Å². The van der Waals surface area contributed by atoms with Gasteiger partial charge in [0, 0.05) is 5.92 Å². The summed E-state index contributed by atoms with van der Waals surface area (Å²) >= 11 is 0. The van der Waals surface area contributed by atoms with Gasteiger partial charge in [-0.25, -0.2) is 0 Å². The van der Waals surface area contributed by atoms with E-state index in [0.29, 0.717) is 11.7 Å². The summed E-state index contributed by atoms with van der Waals surface area (Å²) in [6.45, 7) is 0. The zero-order chi connectivity index (χ0) is 7.84. The first kappa shape index (κ1) is 9.30. The van der Waals surface area contributed by atoms with Crippen LogP contribution in [-0.2, 0) is 0 Å². The third kappa shape index (κ3) is 1.68. The molecular weight excluding hydrogens is 155 g/mol. The van der Waals surface area contributed by atoms with Crippen LogP contribution in [0.5, 0.6) is 0 Å². The summed E-state index contributed by atoms with van der Waals surface area (Å²) in [6, 6.07) is 0. The quantitative estimate of drug-likeness (QED) is 0.416. The summed E-state index contributed by atoms with van der Waals surface area (Å²) in [5, 5.41) is 13.6. The zero-order valence-corrected chi connectivity index (χ0v) is 6.61. The Morgan fingerprint density at radius 3 is 2.67 bits per heavy atom. The molecule has 0 atom stereocenters. The van der Waals surface area contributed by atoms with E-state index in [1.165, 1.54) is 0 Å². The summed E-state index contributed by atoms with van der Waals surface area (Å²) in [6.07, 6.45) is 2.04. The van der Waals surface area contributed by atoms with E-state index in [9.17, 15) is 9.90 Å². The van der Waals surface area contributed by atoms with Crippen LogP contribution < -0.4 is 24.0 Å². The molecule has 2 rings (SSSR count). The zero-order valence-electron chi connectivity index (χ0n) is 6.61. The normalized spacial score (nSPS) is 15.3. The van der Waals surface area contributed by atoms with Gasteiger partial charge in [-0.05, 0) is 12.8 Å². The maximum absolute atomic E-state index is 10.1. The van der Waals surface area contributed by atoms with E-state index in [1.807, 2.05) is 0 Å². The molecule has 12 heavy (non-hydrogen) atoms. The van der Waals surface area contributed by atoms with Crippen molar-refractivity contribution in [1.29, 1.82) is 0 Å². The van der Waals surface area contributed by atoms with Crippen LogP contribution in [0.15, 0.2) is 4.52 Å². The molecule has 1 aromatic heterocycles. The fourth-order valence-corrected chi connectivity index (χ4v) is 0.825. The predicted molar refractivity (Wildman–Crippen MR) is 30.6 cm³/mol. The molecule has 1 aliphatic carbocycles. The molecule has 1 saturated carbocycles. The van der Waals surface area contributed by atoms with Crippen molar-refractivity contribution >= 4 is 5.97 Å². The number of aromatic carboxylic acids is 1. The van der Waals surface area contributed by atoms with E-state index in [0.717, 1.165) is 12.8 Å². The van der Waals surface area contributed by atoms with Crippen molar-refractivity contribution in [2.45, 2.75) is 18.8 Å². The van der Waals surface area contributed by atoms with Crippen LogP contribution in [0.1, 0.15) is 35.3 Å².